The standard InChI is InChI=1S/C19H23ClN2O3S/c1-13-4-9-18(14(2)12-13)26(24,25)21-11-10-19(23)22-15(3)16-5-7-17(20)8-6-16/h4-9,12,15,21H,10-11H2,1-3H3,(H,22,23). The fraction of sp³-hybridized carbons (Fsp3) is 0.316. The van der Waals surface area contributed by atoms with E-state index in [0.717, 1.165) is 11.1 Å². The highest BCUT2D eigenvalue weighted by Crippen LogP contribution is 2.17. The van der Waals surface area contributed by atoms with Gasteiger partial charge in [-0.05, 0) is 50.1 Å². The molecule has 0 aliphatic carbocycles. The third kappa shape index (κ3) is 5.56. The zero-order valence-electron chi connectivity index (χ0n) is 15.0. The Hall–Kier alpha value is -1.89. The molecule has 0 aliphatic rings. The third-order valence-corrected chi connectivity index (χ3v) is 5.88. The summed E-state index contributed by atoms with van der Waals surface area (Å²) in [7, 11) is -3.63. The maximum Gasteiger partial charge on any atom is 0.240 e. The number of hydrogen-bond donors (Lipinski definition) is 2. The summed E-state index contributed by atoms with van der Waals surface area (Å²) in [6.07, 6.45) is 0.0576. The van der Waals surface area contributed by atoms with E-state index in [2.05, 4.69) is 10.0 Å². The van der Waals surface area contributed by atoms with Gasteiger partial charge < -0.3 is 5.32 Å². The lowest BCUT2D eigenvalue weighted by atomic mass is 10.1. The number of carbonyl (C=O) groups excluding carboxylic acids is 1. The maximum atomic E-state index is 12.4. The van der Waals surface area contributed by atoms with Crippen molar-refractivity contribution in [1.29, 1.82) is 0 Å². The van der Waals surface area contributed by atoms with Gasteiger partial charge in [0.25, 0.3) is 0 Å². The molecule has 1 atom stereocenters. The Kier molecular flexibility index (Phi) is 6.81. The molecule has 0 aliphatic heterocycles. The fourth-order valence-electron chi connectivity index (χ4n) is 2.63. The van der Waals surface area contributed by atoms with Gasteiger partial charge in [-0.1, -0.05) is 41.4 Å². The number of rotatable bonds is 7. The zero-order valence-corrected chi connectivity index (χ0v) is 16.6. The Balaban J connectivity index is 1.88. The van der Waals surface area contributed by atoms with E-state index in [1.165, 1.54) is 0 Å². The fourth-order valence-corrected chi connectivity index (χ4v) is 4.01. The Morgan fingerprint density at radius 1 is 1.12 bits per heavy atom. The first-order valence-corrected chi connectivity index (χ1v) is 10.2. The smallest absolute Gasteiger partial charge is 0.240 e. The number of carbonyl (C=O) groups is 1. The zero-order chi connectivity index (χ0) is 19.3. The molecule has 0 heterocycles. The average molecular weight is 395 g/mol. The van der Waals surface area contributed by atoms with Crippen molar-refractivity contribution in [3.63, 3.8) is 0 Å². The second-order valence-electron chi connectivity index (χ2n) is 6.26. The van der Waals surface area contributed by atoms with Gasteiger partial charge in [0.15, 0.2) is 0 Å². The summed E-state index contributed by atoms with van der Waals surface area (Å²) >= 11 is 5.85. The van der Waals surface area contributed by atoms with E-state index >= 15 is 0 Å². The second-order valence-corrected chi connectivity index (χ2v) is 8.43. The van der Waals surface area contributed by atoms with E-state index in [9.17, 15) is 13.2 Å². The largest absolute Gasteiger partial charge is 0.350 e. The summed E-state index contributed by atoms with van der Waals surface area (Å²) in [5, 5.41) is 3.48. The van der Waals surface area contributed by atoms with E-state index in [0.29, 0.717) is 10.6 Å². The first kappa shape index (κ1) is 20.4. The van der Waals surface area contributed by atoms with E-state index < -0.39 is 10.0 Å². The summed E-state index contributed by atoms with van der Waals surface area (Å²) in [4.78, 5) is 12.3. The SMILES string of the molecule is Cc1ccc(S(=O)(=O)NCCC(=O)NC(C)c2ccc(Cl)cc2)c(C)c1. The average Bonchev–Trinajstić information content (AvgIpc) is 2.54. The van der Waals surface area contributed by atoms with Gasteiger partial charge in [0.2, 0.25) is 15.9 Å². The monoisotopic (exact) mass is 394 g/mol. The van der Waals surface area contributed by atoms with Gasteiger partial charge >= 0.3 is 0 Å². The van der Waals surface area contributed by atoms with E-state index in [4.69, 9.17) is 11.6 Å². The molecule has 2 aromatic rings. The van der Waals surface area contributed by atoms with Crippen LogP contribution in [0.1, 0.15) is 36.1 Å². The number of sulfonamides is 1. The van der Waals surface area contributed by atoms with Gasteiger partial charge in [0.1, 0.15) is 0 Å². The Morgan fingerprint density at radius 3 is 2.38 bits per heavy atom. The van der Waals surface area contributed by atoms with Gasteiger partial charge in [-0.3, -0.25) is 4.79 Å². The van der Waals surface area contributed by atoms with Gasteiger partial charge in [-0.2, -0.15) is 0 Å². The molecule has 0 bridgehead atoms. The first-order valence-electron chi connectivity index (χ1n) is 8.31. The van der Waals surface area contributed by atoms with Gasteiger partial charge in [0.05, 0.1) is 10.9 Å². The Labute approximate surface area is 159 Å². The van der Waals surface area contributed by atoms with Crippen molar-refractivity contribution < 1.29 is 13.2 Å². The molecule has 140 valence electrons. The third-order valence-electron chi connectivity index (χ3n) is 4.01. The van der Waals surface area contributed by atoms with Crippen LogP contribution in [0.3, 0.4) is 0 Å². The normalized spacial score (nSPS) is 12.6. The predicted molar refractivity (Wildman–Crippen MR) is 104 cm³/mol. The van der Waals surface area contributed by atoms with Crippen LogP contribution in [0.5, 0.6) is 0 Å². The summed E-state index contributed by atoms with van der Waals surface area (Å²) in [5.74, 6) is -0.226. The molecular weight excluding hydrogens is 372 g/mol. The van der Waals surface area contributed by atoms with Gasteiger partial charge in [-0.25, -0.2) is 13.1 Å². The molecule has 0 radical (unpaired) electrons. The van der Waals surface area contributed by atoms with Crippen LogP contribution < -0.4 is 10.0 Å². The van der Waals surface area contributed by atoms with Crippen molar-refractivity contribution in [1.82, 2.24) is 10.0 Å². The number of nitrogens with one attached hydrogen (secondary N) is 2. The molecule has 2 N–H and O–H groups in total. The summed E-state index contributed by atoms with van der Waals surface area (Å²) in [5.41, 5.74) is 2.61. The molecule has 26 heavy (non-hydrogen) atoms. The number of hydrogen-bond acceptors (Lipinski definition) is 3. The molecular formula is C19H23ClN2O3S. The molecule has 0 spiro atoms. The first-order chi connectivity index (χ1) is 12.2. The van der Waals surface area contributed by atoms with Crippen LogP contribution >= 0.6 is 11.6 Å². The number of amides is 1. The highest BCUT2D eigenvalue weighted by molar-refractivity contribution is 7.89. The topological polar surface area (TPSA) is 75.3 Å². The minimum atomic E-state index is -3.63. The van der Waals surface area contributed by atoms with Gasteiger partial charge in [0, 0.05) is 18.0 Å². The number of halogens is 1. The summed E-state index contributed by atoms with van der Waals surface area (Å²) < 4.78 is 27.2. The van der Waals surface area contributed by atoms with Crippen molar-refractivity contribution in [2.24, 2.45) is 0 Å². The minimum Gasteiger partial charge on any atom is -0.350 e. The van der Waals surface area contributed by atoms with Gasteiger partial charge in [-0.15, -0.1) is 0 Å². The van der Waals surface area contributed by atoms with Crippen LogP contribution in [0.4, 0.5) is 0 Å². The highest BCUT2D eigenvalue weighted by Gasteiger charge is 2.17. The Bertz CT molecular complexity index is 880. The van der Waals surface area contributed by atoms with Crippen LogP contribution in [0.15, 0.2) is 47.4 Å². The molecule has 0 fully saturated rings. The Morgan fingerprint density at radius 2 is 1.77 bits per heavy atom. The minimum absolute atomic E-state index is 0.0365. The quantitative estimate of drug-likeness (QED) is 0.754. The summed E-state index contributed by atoms with van der Waals surface area (Å²) in [6, 6.07) is 12.2. The van der Waals surface area contributed by atoms with E-state index in [-0.39, 0.29) is 29.8 Å². The molecule has 5 nitrogen and oxygen atoms in total. The van der Waals surface area contributed by atoms with Crippen LogP contribution in [-0.4, -0.2) is 20.9 Å². The van der Waals surface area contributed by atoms with Crippen molar-refractivity contribution in [2.45, 2.75) is 38.1 Å². The number of aryl methyl sites for hydroxylation is 2. The molecule has 0 saturated carbocycles. The van der Waals surface area contributed by atoms with E-state index in [1.807, 2.05) is 32.0 Å². The molecule has 2 rings (SSSR count). The van der Waals surface area contributed by atoms with Crippen molar-refractivity contribution in [2.75, 3.05) is 6.54 Å². The summed E-state index contributed by atoms with van der Waals surface area (Å²) in [6.45, 7) is 5.56. The molecule has 2 aromatic carbocycles. The lowest BCUT2D eigenvalue weighted by Gasteiger charge is -2.15. The lowest BCUT2D eigenvalue weighted by Crippen LogP contribution is -2.32. The highest BCUT2D eigenvalue weighted by atomic mass is 35.5. The molecule has 0 saturated heterocycles. The maximum absolute atomic E-state index is 12.4. The van der Waals surface area contributed by atoms with Crippen LogP contribution in [-0.2, 0) is 14.8 Å². The molecule has 7 heteroatoms. The molecule has 0 aromatic heterocycles. The lowest BCUT2D eigenvalue weighted by molar-refractivity contribution is -0.121. The van der Waals surface area contributed by atoms with Crippen LogP contribution in [0.2, 0.25) is 5.02 Å². The second kappa shape index (κ2) is 8.66. The predicted octanol–water partition coefficient (Wildman–Crippen LogP) is 3.50. The van der Waals surface area contributed by atoms with Crippen LogP contribution in [0.25, 0.3) is 0 Å². The van der Waals surface area contributed by atoms with Crippen molar-refractivity contribution in [3.8, 4) is 0 Å². The molecule has 1 amide bonds. The van der Waals surface area contributed by atoms with Crippen molar-refractivity contribution >= 4 is 27.5 Å². The number of benzene rings is 2. The van der Waals surface area contributed by atoms with Crippen LogP contribution in [0, 0.1) is 13.8 Å². The van der Waals surface area contributed by atoms with E-state index in [1.54, 1.807) is 31.2 Å². The molecule has 1 unspecified atom stereocenters. The van der Waals surface area contributed by atoms with Crippen molar-refractivity contribution in [3.05, 3.63) is 64.2 Å².